The number of fused-ring (bicyclic) bond motifs is 1. The number of aliphatic hydroxyl groups is 1. The maximum Gasteiger partial charge on any atom is 0.245 e. The van der Waals surface area contributed by atoms with E-state index in [1.54, 1.807) is 12.1 Å². The normalized spacial score (nSPS) is 22.7. The summed E-state index contributed by atoms with van der Waals surface area (Å²) in [6.07, 6.45) is 3.95. The smallest absolute Gasteiger partial charge is 0.245 e. The summed E-state index contributed by atoms with van der Waals surface area (Å²) >= 11 is 0. The molecule has 2 aromatic rings. The van der Waals surface area contributed by atoms with E-state index in [-0.39, 0.29) is 30.4 Å². The first-order valence-corrected chi connectivity index (χ1v) is 14.8. The lowest BCUT2D eigenvalue weighted by Crippen LogP contribution is -2.57. The topological polar surface area (TPSA) is 140 Å². The summed E-state index contributed by atoms with van der Waals surface area (Å²) in [5.41, 5.74) is 3.48. The van der Waals surface area contributed by atoms with Gasteiger partial charge in [0.15, 0.2) is 0 Å². The van der Waals surface area contributed by atoms with Gasteiger partial charge in [-0.1, -0.05) is 56.2 Å². The Balaban J connectivity index is 0.000000521. The minimum atomic E-state index is -1.08. The lowest BCUT2D eigenvalue weighted by Gasteiger charge is -2.34. The van der Waals surface area contributed by atoms with Gasteiger partial charge in [-0.2, -0.15) is 0 Å². The van der Waals surface area contributed by atoms with E-state index in [0.29, 0.717) is 18.8 Å². The second kappa shape index (κ2) is 16.1. The van der Waals surface area contributed by atoms with E-state index in [0.717, 1.165) is 43.4 Å². The summed E-state index contributed by atoms with van der Waals surface area (Å²) in [4.78, 5) is 39.5. The first-order valence-electron chi connectivity index (χ1n) is 14.8. The van der Waals surface area contributed by atoms with Gasteiger partial charge in [0.05, 0.1) is 19.2 Å². The summed E-state index contributed by atoms with van der Waals surface area (Å²) < 4.78 is 6.38. The lowest BCUT2D eigenvalue weighted by atomic mass is 9.95. The number of phenols is 1. The van der Waals surface area contributed by atoms with Crippen LogP contribution in [0.4, 0.5) is 0 Å². The predicted molar refractivity (Wildman–Crippen MR) is 161 cm³/mol. The van der Waals surface area contributed by atoms with E-state index in [9.17, 15) is 19.5 Å². The fourth-order valence-electron chi connectivity index (χ4n) is 5.05. The number of amides is 3. The fraction of sp³-hybridized carbons (Fsp3) is 0.531. The van der Waals surface area contributed by atoms with E-state index >= 15 is 0 Å². The number of aryl methyl sites for hydroxylation is 3. The van der Waals surface area contributed by atoms with Crippen LogP contribution >= 0.6 is 0 Å². The van der Waals surface area contributed by atoms with Crippen molar-refractivity contribution in [3.05, 3.63) is 59.2 Å². The van der Waals surface area contributed by atoms with Gasteiger partial charge in [-0.05, 0) is 61.8 Å². The molecule has 0 fully saturated rings. The van der Waals surface area contributed by atoms with Crippen molar-refractivity contribution in [2.24, 2.45) is 5.92 Å². The highest BCUT2D eigenvalue weighted by Crippen LogP contribution is 2.32. The monoisotopic (exact) mass is 582 g/mol. The number of para-hydroxylation sites is 1. The Labute approximate surface area is 248 Å². The number of phenolic OH excluding ortho intramolecular Hbond substituents is 1. The van der Waals surface area contributed by atoms with Crippen molar-refractivity contribution in [2.45, 2.75) is 71.1 Å². The number of ether oxygens (including phenoxy) is 1. The van der Waals surface area contributed by atoms with E-state index in [4.69, 9.17) is 9.84 Å². The van der Waals surface area contributed by atoms with E-state index in [1.807, 2.05) is 39.0 Å². The van der Waals surface area contributed by atoms with Crippen molar-refractivity contribution in [1.82, 2.24) is 20.9 Å². The molecule has 10 nitrogen and oxygen atoms in total. The van der Waals surface area contributed by atoms with Crippen molar-refractivity contribution in [3.8, 4) is 11.5 Å². The van der Waals surface area contributed by atoms with E-state index in [1.165, 1.54) is 23.1 Å². The molecule has 0 spiro atoms. The van der Waals surface area contributed by atoms with Gasteiger partial charge in [-0.3, -0.25) is 14.4 Å². The highest BCUT2D eigenvalue weighted by atomic mass is 16.5. The molecule has 5 N–H and O–H groups in total. The van der Waals surface area contributed by atoms with Crippen LogP contribution in [0.2, 0.25) is 0 Å². The number of hydrogen-bond acceptors (Lipinski definition) is 7. The molecule has 10 heteroatoms. The number of hydrogen-bond donors (Lipinski definition) is 5. The minimum Gasteiger partial charge on any atom is -0.508 e. The fourth-order valence-corrected chi connectivity index (χ4v) is 5.05. The third-order valence-electron chi connectivity index (χ3n) is 7.94. The predicted octanol–water partition coefficient (Wildman–Crippen LogP) is 2.08. The van der Waals surface area contributed by atoms with Crippen molar-refractivity contribution >= 4 is 17.7 Å². The molecule has 3 amide bonds. The van der Waals surface area contributed by atoms with Gasteiger partial charge in [0.2, 0.25) is 17.7 Å². The second-order valence-electron chi connectivity index (χ2n) is 11.1. The van der Waals surface area contributed by atoms with Gasteiger partial charge in [0.1, 0.15) is 23.6 Å². The minimum absolute atomic E-state index is 0.0140. The number of carbonyl (C=O) groups is 3. The summed E-state index contributed by atoms with van der Waals surface area (Å²) in [6, 6.07) is 11.7. The van der Waals surface area contributed by atoms with Crippen LogP contribution < -0.4 is 20.7 Å². The lowest BCUT2D eigenvalue weighted by molar-refractivity contribution is -0.143. The molecule has 0 saturated carbocycles. The maximum absolute atomic E-state index is 13.4. The number of likely N-dealkylation sites (N-methyl/N-ethyl adjacent to an activating group) is 1. The molecular formula is C32H46N4O6. The Morgan fingerprint density at radius 2 is 1.74 bits per heavy atom. The van der Waals surface area contributed by atoms with Crippen LogP contribution in [0.25, 0.3) is 0 Å². The van der Waals surface area contributed by atoms with Gasteiger partial charge in [-0.15, -0.1) is 0 Å². The molecule has 2 aliphatic heterocycles. The molecule has 2 bridgehead atoms. The first kappa shape index (κ1) is 32.9. The number of aromatic hydroxyl groups is 1. The molecule has 0 radical (unpaired) electrons. The highest BCUT2D eigenvalue weighted by Gasteiger charge is 2.34. The summed E-state index contributed by atoms with van der Waals surface area (Å²) in [5, 5.41) is 27.3. The Morgan fingerprint density at radius 3 is 2.38 bits per heavy atom. The first-order chi connectivity index (χ1) is 20.1. The molecule has 4 unspecified atom stereocenters. The van der Waals surface area contributed by atoms with Gasteiger partial charge in [0.25, 0.3) is 0 Å². The summed E-state index contributed by atoms with van der Waals surface area (Å²) in [5.74, 6) is 0.117. The van der Waals surface area contributed by atoms with Crippen molar-refractivity contribution in [3.63, 3.8) is 0 Å². The van der Waals surface area contributed by atoms with Crippen LogP contribution in [0.3, 0.4) is 0 Å². The summed E-state index contributed by atoms with van der Waals surface area (Å²) in [7, 11) is 1.51. The molecular weight excluding hydrogens is 536 g/mol. The van der Waals surface area contributed by atoms with Crippen LogP contribution in [0.15, 0.2) is 42.5 Å². The van der Waals surface area contributed by atoms with Gasteiger partial charge in [0, 0.05) is 20.1 Å². The van der Waals surface area contributed by atoms with Gasteiger partial charge < -0.3 is 35.8 Å². The van der Waals surface area contributed by atoms with E-state index < -0.39 is 24.6 Å². The molecule has 0 saturated heterocycles. The molecule has 2 aromatic carbocycles. The van der Waals surface area contributed by atoms with E-state index in [2.05, 4.69) is 28.1 Å². The third kappa shape index (κ3) is 9.19. The largest absolute Gasteiger partial charge is 0.508 e. The van der Waals surface area contributed by atoms with Crippen LogP contribution in [-0.4, -0.2) is 84.3 Å². The molecule has 230 valence electrons. The number of nitrogens with zero attached hydrogens (tertiary/aromatic N) is 1. The van der Waals surface area contributed by atoms with Crippen molar-refractivity contribution in [2.75, 3.05) is 33.3 Å². The van der Waals surface area contributed by atoms with Crippen LogP contribution in [0, 0.1) is 12.8 Å². The number of benzene rings is 2. The zero-order chi connectivity index (χ0) is 30.6. The Kier molecular flexibility index (Phi) is 12.6. The van der Waals surface area contributed by atoms with Crippen molar-refractivity contribution < 1.29 is 29.3 Å². The van der Waals surface area contributed by atoms with Crippen LogP contribution in [0.1, 0.15) is 49.8 Å². The molecule has 42 heavy (non-hydrogen) atoms. The van der Waals surface area contributed by atoms with Gasteiger partial charge >= 0.3 is 0 Å². The Hall–Kier alpha value is -3.63. The quantitative estimate of drug-likeness (QED) is 0.373. The Morgan fingerprint density at radius 1 is 1.05 bits per heavy atom. The number of aliphatic hydroxyl groups excluding tert-OH is 1. The molecule has 0 aliphatic carbocycles. The maximum atomic E-state index is 13.4. The highest BCUT2D eigenvalue weighted by molar-refractivity contribution is 5.92. The van der Waals surface area contributed by atoms with Crippen LogP contribution in [0.5, 0.6) is 11.5 Å². The molecule has 4 atom stereocenters. The molecule has 0 aromatic heterocycles. The van der Waals surface area contributed by atoms with Gasteiger partial charge in [-0.25, -0.2) is 0 Å². The SMILES string of the molecule is CCC(C)C1NCC2CCc3cccc(c3O2)CCCNC(=O)CNC(=O)C(CO)N(C)C1=O.Cc1ccc(O)cc1. The molecule has 2 heterocycles. The molecule has 4 rings (SSSR count). The van der Waals surface area contributed by atoms with Crippen molar-refractivity contribution in [1.29, 1.82) is 0 Å². The Bertz CT molecular complexity index is 1170. The second-order valence-corrected chi connectivity index (χ2v) is 11.1. The number of nitrogens with one attached hydrogen (secondary N) is 3. The standard InChI is InChI=1S/C25H38N4O5.C7H8O/c1-4-16(2)22-25(33)29(3)20(15-30)24(32)28-14-21(31)26-12-6-9-17-7-5-8-18-10-11-19(13-27-22)34-23(17)18;1-6-2-4-7(8)5-3-6/h5,7-8,16,19-20,22,27,30H,4,6,9-15H2,1-3H3,(H,26,31)(H,28,32);2-5,8H,1H3. The third-order valence-corrected chi connectivity index (χ3v) is 7.94. The zero-order valence-electron chi connectivity index (χ0n) is 25.2. The average Bonchev–Trinajstić information content (AvgIpc) is 2.99. The number of rotatable bonds is 3. The summed E-state index contributed by atoms with van der Waals surface area (Å²) in [6.45, 7) is 6.22. The zero-order valence-corrected chi connectivity index (χ0v) is 25.2. The molecule has 2 aliphatic rings. The number of carbonyl (C=O) groups excluding carboxylic acids is 3. The average molecular weight is 583 g/mol. The van der Waals surface area contributed by atoms with Crippen LogP contribution in [-0.2, 0) is 27.2 Å².